The third-order valence-electron chi connectivity index (χ3n) is 9.20. The summed E-state index contributed by atoms with van der Waals surface area (Å²) in [6, 6.07) is 19.2. The highest BCUT2D eigenvalue weighted by atomic mass is 32.2. The van der Waals surface area contributed by atoms with Gasteiger partial charge in [-0.3, -0.25) is 9.62 Å². The second-order valence-electron chi connectivity index (χ2n) is 13.5. The van der Waals surface area contributed by atoms with E-state index in [1.807, 2.05) is 12.1 Å². The van der Waals surface area contributed by atoms with E-state index in [1.54, 1.807) is 18.2 Å². The van der Waals surface area contributed by atoms with Crippen molar-refractivity contribution in [2.45, 2.75) is 102 Å². The highest BCUT2D eigenvalue weighted by Crippen LogP contribution is 2.29. The van der Waals surface area contributed by atoms with Crippen LogP contribution >= 0.6 is 0 Å². The minimum atomic E-state index is -3.89. The minimum Gasteiger partial charge on any atom is -0.298 e. The Bertz CT molecular complexity index is 1450. The maximum absolute atomic E-state index is 14.9. The van der Waals surface area contributed by atoms with Crippen molar-refractivity contribution in [2.75, 3.05) is 17.8 Å². The SMILES string of the molecule is CC(C)(C)c1ccc(CCN2CCc3cc(S(=O)(=O)Nc4ccc(CCCC5CCCCC5)cc4F)ccc3C2)cc1. The molecule has 3 aromatic carbocycles. The Morgan fingerprint density at radius 3 is 2.33 bits per heavy atom. The Hall–Kier alpha value is -2.70. The van der Waals surface area contributed by atoms with Crippen molar-refractivity contribution in [3.63, 3.8) is 0 Å². The van der Waals surface area contributed by atoms with Crippen LogP contribution in [0.15, 0.2) is 65.6 Å². The van der Waals surface area contributed by atoms with Gasteiger partial charge in [-0.2, -0.15) is 0 Å². The van der Waals surface area contributed by atoms with E-state index >= 15 is 0 Å². The van der Waals surface area contributed by atoms with Crippen LogP contribution in [0.5, 0.6) is 0 Å². The predicted octanol–water partition coefficient (Wildman–Crippen LogP) is 8.43. The average molecular weight is 591 g/mol. The summed E-state index contributed by atoms with van der Waals surface area (Å²) in [5.74, 6) is 0.293. The molecule has 1 aliphatic heterocycles. The molecule has 42 heavy (non-hydrogen) atoms. The van der Waals surface area contributed by atoms with E-state index in [4.69, 9.17) is 0 Å². The molecule has 226 valence electrons. The van der Waals surface area contributed by atoms with Crippen LogP contribution in [0.3, 0.4) is 0 Å². The lowest BCUT2D eigenvalue weighted by Crippen LogP contribution is -2.32. The zero-order valence-corrected chi connectivity index (χ0v) is 26.4. The third kappa shape index (κ3) is 8.02. The van der Waals surface area contributed by atoms with Crippen LogP contribution in [0, 0.1) is 11.7 Å². The van der Waals surface area contributed by atoms with Crippen LogP contribution in [-0.2, 0) is 41.2 Å². The molecule has 2 aliphatic rings. The molecule has 4 nitrogen and oxygen atoms in total. The number of benzene rings is 3. The van der Waals surface area contributed by atoms with Gasteiger partial charge in [0.05, 0.1) is 10.6 Å². The van der Waals surface area contributed by atoms with Crippen molar-refractivity contribution in [3.8, 4) is 0 Å². The molecule has 0 aromatic heterocycles. The van der Waals surface area contributed by atoms with Gasteiger partial charge in [0.2, 0.25) is 0 Å². The molecule has 0 spiro atoms. The van der Waals surface area contributed by atoms with Crippen LogP contribution in [0.1, 0.15) is 93.5 Å². The molecule has 1 aliphatic carbocycles. The van der Waals surface area contributed by atoms with Gasteiger partial charge in [-0.1, -0.05) is 95.7 Å². The number of aryl methyl sites for hydroxylation is 1. The van der Waals surface area contributed by atoms with E-state index in [9.17, 15) is 12.8 Å². The fourth-order valence-corrected chi connectivity index (χ4v) is 7.59. The van der Waals surface area contributed by atoms with Crippen molar-refractivity contribution in [1.29, 1.82) is 0 Å². The van der Waals surface area contributed by atoms with E-state index in [2.05, 4.69) is 54.7 Å². The van der Waals surface area contributed by atoms with Gasteiger partial charge in [-0.05, 0) is 89.1 Å². The highest BCUT2D eigenvalue weighted by Gasteiger charge is 2.22. The van der Waals surface area contributed by atoms with Crippen LogP contribution in [-0.4, -0.2) is 26.4 Å². The second-order valence-corrected chi connectivity index (χ2v) is 15.2. The van der Waals surface area contributed by atoms with Gasteiger partial charge in [0.25, 0.3) is 10.0 Å². The first-order valence-electron chi connectivity index (χ1n) is 15.8. The van der Waals surface area contributed by atoms with E-state index in [0.29, 0.717) is 0 Å². The zero-order chi connectivity index (χ0) is 29.7. The molecule has 0 bridgehead atoms. The number of hydrogen-bond donors (Lipinski definition) is 1. The zero-order valence-electron chi connectivity index (χ0n) is 25.6. The summed E-state index contributed by atoms with van der Waals surface area (Å²) in [7, 11) is -3.89. The van der Waals surface area contributed by atoms with Crippen LogP contribution in [0.2, 0.25) is 0 Å². The van der Waals surface area contributed by atoms with E-state index in [-0.39, 0.29) is 16.0 Å². The molecule has 1 saturated carbocycles. The lowest BCUT2D eigenvalue weighted by atomic mass is 9.85. The Balaban J connectivity index is 1.15. The summed E-state index contributed by atoms with van der Waals surface area (Å²) in [5, 5.41) is 0. The minimum absolute atomic E-state index is 0.00505. The number of hydrogen-bond acceptors (Lipinski definition) is 3. The molecule has 0 unspecified atom stereocenters. The normalized spacial score (nSPS) is 16.8. The maximum atomic E-state index is 14.9. The number of fused-ring (bicyclic) bond motifs is 1. The predicted molar refractivity (Wildman–Crippen MR) is 171 cm³/mol. The van der Waals surface area contributed by atoms with Gasteiger partial charge in [0.1, 0.15) is 5.82 Å². The lowest BCUT2D eigenvalue weighted by Gasteiger charge is -2.29. The molecule has 5 rings (SSSR count). The van der Waals surface area contributed by atoms with Crippen molar-refractivity contribution >= 4 is 15.7 Å². The largest absolute Gasteiger partial charge is 0.298 e. The van der Waals surface area contributed by atoms with Gasteiger partial charge >= 0.3 is 0 Å². The molecule has 0 saturated heterocycles. The molecule has 3 aromatic rings. The quantitative estimate of drug-likeness (QED) is 0.258. The fourth-order valence-electron chi connectivity index (χ4n) is 6.48. The van der Waals surface area contributed by atoms with Crippen molar-refractivity contribution in [2.24, 2.45) is 5.92 Å². The molecule has 0 amide bonds. The maximum Gasteiger partial charge on any atom is 0.261 e. The van der Waals surface area contributed by atoms with Gasteiger partial charge in [-0.15, -0.1) is 0 Å². The van der Waals surface area contributed by atoms with Crippen molar-refractivity contribution < 1.29 is 12.8 Å². The number of sulfonamides is 1. The fraction of sp³-hybridized carbons (Fsp3) is 0.500. The highest BCUT2D eigenvalue weighted by molar-refractivity contribution is 7.92. The molecule has 1 heterocycles. The van der Waals surface area contributed by atoms with Gasteiger partial charge in [0.15, 0.2) is 0 Å². The summed E-state index contributed by atoms with van der Waals surface area (Å²) in [6.45, 7) is 9.35. The summed E-state index contributed by atoms with van der Waals surface area (Å²) in [5.41, 5.74) is 5.98. The molecule has 1 N–H and O–H groups in total. The standard InChI is InChI=1S/C36H47FN2O2S/c1-36(2,3)32-16-12-28(13-17-32)20-22-39-23-21-30-25-33(18-15-31(30)26-39)42(40,41)38-35-19-14-29(24-34(35)37)11-7-10-27-8-5-4-6-9-27/h12-19,24-25,27,38H,4-11,20-23,26H2,1-3H3. The second kappa shape index (κ2) is 13.3. The molecule has 6 heteroatoms. The topological polar surface area (TPSA) is 49.4 Å². The number of nitrogens with one attached hydrogen (secondary N) is 1. The summed E-state index contributed by atoms with van der Waals surface area (Å²) in [6.07, 6.45) is 11.5. The van der Waals surface area contributed by atoms with E-state index in [1.165, 1.54) is 55.7 Å². The Labute approximate surface area is 252 Å². The Kier molecular flexibility index (Phi) is 9.74. The Morgan fingerprint density at radius 2 is 1.62 bits per heavy atom. The van der Waals surface area contributed by atoms with Crippen molar-refractivity contribution in [1.82, 2.24) is 4.90 Å². The van der Waals surface area contributed by atoms with E-state index in [0.717, 1.165) is 67.9 Å². The lowest BCUT2D eigenvalue weighted by molar-refractivity contribution is 0.257. The summed E-state index contributed by atoms with van der Waals surface area (Å²) >= 11 is 0. The summed E-state index contributed by atoms with van der Waals surface area (Å²) < 4.78 is 43.8. The smallest absolute Gasteiger partial charge is 0.261 e. The van der Waals surface area contributed by atoms with Gasteiger partial charge < -0.3 is 0 Å². The number of nitrogens with zero attached hydrogens (tertiary/aromatic N) is 1. The average Bonchev–Trinajstić information content (AvgIpc) is 2.97. The first-order valence-corrected chi connectivity index (χ1v) is 17.3. The number of halogens is 1. The van der Waals surface area contributed by atoms with Gasteiger partial charge in [0, 0.05) is 19.6 Å². The monoisotopic (exact) mass is 590 g/mol. The molecule has 1 fully saturated rings. The van der Waals surface area contributed by atoms with Crippen molar-refractivity contribution in [3.05, 3.63) is 94.3 Å². The third-order valence-corrected chi connectivity index (χ3v) is 10.6. The number of rotatable bonds is 10. The summed E-state index contributed by atoms with van der Waals surface area (Å²) in [4.78, 5) is 2.61. The molecule has 0 radical (unpaired) electrons. The van der Waals surface area contributed by atoms with Crippen LogP contribution in [0.4, 0.5) is 10.1 Å². The van der Waals surface area contributed by atoms with Crippen LogP contribution < -0.4 is 4.72 Å². The first-order chi connectivity index (χ1) is 20.1. The Morgan fingerprint density at radius 1 is 0.881 bits per heavy atom. The number of anilines is 1. The first kappa shape index (κ1) is 30.7. The molecular formula is C36H47FN2O2S. The van der Waals surface area contributed by atoms with Gasteiger partial charge in [-0.25, -0.2) is 12.8 Å². The van der Waals surface area contributed by atoms with E-state index < -0.39 is 15.8 Å². The van der Waals surface area contributed by atoms with Crippen LogP contribution in [0.25, 0.3) is 0 Å². The molecular weight excluding hydrogens is 543 g/mol. The molecule has 0 atom stereocenters.